The second-order valence-electron chi connectivity index (χ2n) is 7.17. The minimum atomic E-state index is -1.31. The molecule has 0 aromatic carbocycles. The molecule has 2 atom stereocenters. The minimum Gasteiger partial charge on any atom is -0.389 e. The van der Waals surface area contributed by atoms with Crippen LogP contribution in [0.15, 0.2) is 18.6 Å². The Kier molecular flexibility index (Phi) is 5.63. The zero-order chi connectivity index (χ0) is 17.9. The number of nitrogens with zero attached hydrogens (tertiary/aromatic N) is 4. The fourth-order valence-corrected chi connectivity index (χ4v) is 3.63. The summed E-state index contributed by atoms with van der Waals surface area (Å²) in [5.74, 6) is -0.397. The zero-order valence-electron chi connectivity index (χ0n) is 14.6. The Morgan fingerprint density at radius 3 is 2.76 bits per heavy atom. The lowest BCUT2D eigenvalue weighted by molar-refractivity contribution is -0.124. The lowest BCUT2D eigenvalue weighted by Crippen LogP contribution is -2.62. The summed E-state index contributed by atoms with van der Waals surface area (Å²) >= 11 is 0. The van der Waals surface area contributed by atoms with Gasteiger partial charge in [-0.15, -0.1) is 0 Å². The summed E-state index contributed by atoms with van der Waals surface area (Å²) in [6.45, 7) is 3.30. The normalized spacial score (nSPS) is 29.5. The first-order chi connectivity index (χ1) is 12.0. The third-order valence-electron chi connectivity index (χ3n) is 5.42. The molecule has 3 rings (SSSR count). The van der Waals surface area contributed by atoms with Gasteiger partial charge in [0.2, 0.25) is 0 Å². The Balaban J connectivity index is 1.52. The average Bonchev–Trinajstić information content (AvgIpc) is 2.64. The Labute approximate surface area is 147 Å². The van der Waals surface area contributed by atoms with Crippen LogP contribution in [0.1, 0.15) is 29.8 Å². The van der Waals surface area contributed by atoms with Crippen LogP contribution in [0.4, 0.5) is 0 Å². The first kappa shape index (κ1) is 18.2. The first-order valence-corrected chi connectivity index (χ1v) is 8.85. The van der Waals surface area contributed by atoms with Gasteiger partial charge in [0.1, 0.15) is 11.3 Å². The molecule has 0 aliphatic carbocycles. The minimum absolute atomic E-state index is 0.00478. The van der Waals surface area contributed by atoms with Crippen molar-refractivity contribution in [2.75, 3.05) is 39.8 Å². The van der Waals surface area contributed by atoms with Crippen molar-refractivity contribution in [1.82, 2.24) is 25.1 Å². The summed E-state index contributed by atoms with van der Waals surface area (Å²) in [6.07, 6.45) is 6.03. The van der Waals surface area contributed by atoms with Gasteiger partial charge in [-0.05, 0) is 39.4 Å². The molecular formula is C17H27N5O3. The van der Waals surface area contributed by atoms with Gasteiger partial charge < -0.3 is 20.4 Å². The van der Waals surface area contributed by atoms with Crippen LogP contribution in [0.3, 0.4) is 0 Å². The van der Waals surface area contributed by atoms with E-state index in [1.54, 1.807) is 0 Å². The molecule has 1 aromatic rings. The number of rotatable bonds is 4. The highest BCUT2D eigenvalue weighted by Crippen LogP contribution is 2.26. The van der Waals surface area contributed by atoms with E-state index in [0.717, 1.165) is 32.5 Å². The molecule has 8 nitrogen and oxygen atoms in total. The van der Waals surface area contributed by atoms with E-state index >= 15 is 0 Å². The maximum absolute atomic E-state index is 12.1. The lowest BCUT2D eigenvalue weighted by Gasteiger charge is -2.46. The van der Waals surface area contributed by atoms with Crippen molar-refractivity contribution in [2.45, 2.75) is 37.0 Å². The van der Waals surface area contributed by atoms with Gasteiger partial charge in [0, 0.05) is 38.1 Å². The summed E-state index contributed by atoms with van der Waals surface area (Å²) in [5, 5.41) is 23.9. The largest absolute Gasteiger partial charge is 0.389 e. The molecule has 25 heavy (non-hydrogen) atoms. The monoisotopic (exact) mass is 349 g/mol. The van der Waals surface area contributed by atoms with Crippen molar-refractivity contribution in [1.29, 1.82) is 0 Å². The summed E-state index contributed by atoms with van der Waals surface area (Å²) in [5.41, 5.74) is -1.11. The van der Waals surface area contributed by atoms with Gasteiger partial charge in [0.15, 0.2) is 0 Å². The average molecular weight is 349 g/mol. The van der Waals surface area contributed by atoms with Gasteiger partial charge in [-0.3, -0.25) is 14.7 Å². The van der Waals surface area contributed by atoms with Crippen molar-refractivity contribution in [3.05, 3.63) is 24.3 Å². The van der Waals surface area contributed by atoms with Gasteiger partial charge in [-0.25, -0.2) is 4.98 Å². The van der Waals surface area contributed by atoms with Gasteiger partial charge in [-0.2, -0.15) is 0 Å². The highest BCUT2D eigenvalue weighted by Gasteiger charge is 2.42. The standard InChI is InChI=1S/C17H27N5O3/c1-21-7-2-13(3-8-21)22-9-4-17(25,15(23)11-22)12-20-16(24)14-10-18-5-6-19-14/h5-6,10,13,15,23,25H,2-4,7-9,11-12H2,1H3,(H,20,24)/t15-,17-/m1/s1. The number of amides is 1. The van der Waals surface area contributed by atoms with E-state index in [0.29, 0.717) is 19.0 Å². The Morgan fingerprint density at radius 2 is 2.12 bits per heavy atom. The molecule has 0 spiro atoms. The van der Waals surface area contributed by atoms with Crippen molar-refractivity contribution < 1.29 is 15.0 Å². The summed E-state index contributed by atoms with van der Waals surface area (Å²) in [4.78, 5) is 24.4. The highest BCUT2D eigenvalue weighted by molar-refractivity contribution is 5.91. The van der Waals surface area contributed by atoms with Crippen LogP contribution in [-0.2, 0) is 0 Å². The third-order valence-corrected chi connectivity index (χ3v) is 5.42. The van der Waals surface area contributed by atoms with E-state index in [9.17, 15) is 15.0 Å². The van der Waals surface area contributed by atoms with Gasteiger partial charge in [0.05, 0.1) is 12.3 Å². The molecule has 3 N–H and O–H groups in total. The Bertz CT molecular complexity index is 579. The van der Waals surface area contributed by atoms with Crippen molar-refractivity contribution >= 4 is 5.91 Å². The van der Waals surface area contributed by atoms with Crippen LogP contribution in [0.25, 0.3) is 0 Å². The SMILES string of the molecule is CN1CCC(N2CC[C@@](O)(CNC(=O)c3cnccn3)[C@H](O)C2)CC1. The molecule has 0 unspecified atom stereocenters. The second-order valence-corrected chi connectivity index (χ2v) is 7.17. The fraction of sp³-hybridized carbons (Fsp3) is 0.706. The number of piperidine rings is 2. The smallest absolute Gasteiger partial charge is 0.271 e. The van der Waals surface area contributed by atoms with E-state index in [1.807, 2.05) is 0 Å². The van der Waals surface area contributed by atoms with Gasteiger partial charge in [-0.1, -0.05) is 0 Å². The van der Waals surface area contributed by atoms with E-state index in [4.69, 9.17) is 0 Å². The van der Waals surface area contributed by atoms with Crippen molar-refractivity contribution in [3.63, 3.8) is 0 Å². The van der Waals surface area contributed by atoms with Crippen LogP contribution in [0.2, 0.25) is 0 Å². The lowest BCUT2D eigenvalue weighted by atomic mass is 9.86. The number of carbonyl (C=O) groups excluding carboxylic acids is 1. The number of hydrogen-bond donors (Lipinski definition) is 3. The molecule has 8 heteroatoms. The van der Waals surface area contributed by atoms with Crippen LogP contribution in [0, 0.1) is 0 Å². The van der Waals surface area contributed by atoms with Crippen molar-refractivity contribution in [2.24, 2.45) is 0 Å². The molecule has 1 amide bonds. The predicted molar refractivity (Wildman–Crippen MR) is 92.0 cm³/mol. The number of hydrogen-bond acceptors (Lipinski definition) is 7. The molecule has 2 aliphatic heterocycles. The summed E-state index contributed by atoms with van der Waals surface area (Å²) in [6, 6.07) is 0.463. The number of aromatic nitrogens is 2. The predicted octanol–water partition coefficient (Wildman–Crippen LogP) is -0.902. The maximum Gasteiger partial charge on any atom is 0.271 e. The molecule has 138 valence electrons. The van der Waals surface area contributed by atoms with Crippen LogP contribution in [-0.4, -0.2) is 93.4 Å². The third kappa shape index (κ3) is 4.33. The molecule has 2 fully saturated rings. The van der Waals surface area contributed by atoms with E-state index in [2.05, 4.69) is 32.1 Å². The second kappa shape index (κ2) is 7.74. The molecule has 3 heterocycles. The summed E-state index contributed by atoms with van der Waals surface area (Å²) < 4.78 is 0. The quantitative estimate of drug-likeness (QED) is 0.647. The first-order valence-electron chi connectivity index (χ1n) is 8.85. The van der Waals surface area contributed by atoms with Crippen LogP contribution >= 0.6 is 0 Å². The Morgan fingerprint density at radius 1 is 1.36 bits per heavy atom. The van der Waals surface area contributed by atoms with Gasteiger partial charge >= 0.3 is 0 Å². The fourth-order valence-electron chi connectivity index (χ4n) is 3.63. The zero-order valence-corrected chi connectivity index (χ0v) is 14.6. The van der Waals surface area contributed by atoms with Crippen LogP contribution < -0.4 is 5.32 Å². The molecule has 0 radical (unpaired) electrons. The number of β-amino-alcohol motifs (C(OH)–C–C–N with tert-alkyl or cyclic N) is 1. The highest BCUT2D eigenvalue weighted by atomic mass is 16.3. The molecule has 0 saturated carbocycles. The molecule has 2 saturated heterocycles. The van der Waals surface area contributed by atoms with Crippen LogP contribution in [0.5, 0.6) is 0 Å². The van der Waals surface area contributed by atoms with Crippen molar-refractivity contribution in [3.8, 4) is 0 Å². The topological polar surface area (TPSA) is 102 Å². The Hall–Kier alpha value is -1.61. The number of carbonyl (C=O) groups is 1. The number of likely N-dealkylation sites (tertiary alicyclic amines) is 2. The van der Waals surface area contributed by atoms with E-state index in [-0.39, 0.29) is 12.2 Å². The van der Waals surface area contributed by atoms with E-state index in [1.165, 1.54) is 18.6 Å². The molecule has 1 aromatic heterocycles. The maximum atomic E-state index is 12.1. The van der Waals surface area contributed by atoms with E-state index < -0.39 is 17.6 Å². The molecule has 0 bridgehead atoms. The van der Waals surface area contributed by atoms with Gasteiger partial charge in [0.25, 0.3) is 5.91 Å². The molecular weight excluding hydrogens is 322 g/mol. The molecule has 2 aliphatic rings. The summed E-state index contributed by atoms with van der Waals surface area (Å²) in [7, 11) is 2.12. The number of aliphatic hydroxyl groups excluding tert-OH is 1. The number of nitrogens with one attached hydrogen (secondary N) is 1. The number of aliphatic hydroxyl groups is 2.